The first-order valence-electron chi connectivity index (χ1n) is 34.2. The van der Waals surface area contributed by atoms with Crippen LogP contribution in [-0.2, 0) is 27.9 Å². The Kier molecular flexibility index (Phi) is 59.3. The number of allylic oxidation sites excluding steroid dienone is 17. The van der Waals surface area contributed by atoms with E-state index in [9.17, 15) is 19.0 Å². The van der Waals surface area contributed by atoms with E-state index in [1.54, 1.807) is 0 Å². The van der Waals surface area contributed by atoms with Crippen molar-refractivity contribution in [3.8, 4) is 0 Å². The summed E-state index contributed by atoms with van der Waals surface area (Å²) in [7, 11) is 1.46. The molecule has 0 aliphatic carbocycles. The molecule has 0 radical (unpaired) electrons. The molecule has 0 spiro atoms. The molecule has 0 aliphatic heterocycles. The molecule has 10 heteroatoms. The van der Waals surface area contributed by atoms with Crippen LogP contribution in [-0.4, -0.2) is 74.3 Å². The summed E-state index contributed by atoms with van der Waals surface area (Å²) in [6.07, 6.45) is 85.2. The molecule has 0 bridgehead atoms. The van der Waals surface area contributed by atoms with Gasteiger partial charge in [-0.25, -0.2) is 4.57 Å². The van der Waals surface area contributed by atoms with Crippen molar-refractivity contribution in [1.82, 2.24) is 5.32 Å². The maximum atomic E-state index is 13.6. The number of ether oxygens (including phenoxy) is 1. The summed E-state index contributed by atoms with van der Waals surface area (Å²) in [6.45, 7) is 6.85. The molecular weight excluding hydrogens is 1050 g/mol. The van der Waals surface area contributed by atoms with Gasteiger partial charge in [-0.05, 0) is 115 Å². The van der Waals surface area contributed by atoms with Crippen molar-refractivity contribution in [2.75, 3.05) is 40.9 Å². The van der Waals surface area contributed by atoms with Gasteiger partial charge < -0.3 is 19.4 Å². The number of likely N-dealkylation sites (N-methyl/N-ethyl adjacent to an activating group) is 1. The van der Waals surface area contributed by atoms with E-state index in [0.29, 0.717) is 17.4 Å². The lowest BCUT2D eigenvalue weighted by Crippen LogP contribution is -2.47. The van der Waals surface area contributed by atoms with E-state index in [0.717, 1.165) is 103 Å². The fourth-order valence-electron chi connectivity index (χ4n) is 9.44. The minimum absolute atomic E-state index is 0.0285. The summed E-state index contributed by atoms with van der Waals surface area (Å²) < 4.78 is 30.8. The molecule has 83 heavy (non-hydrogen) atoms. The monoisotopic (exact) mass is 1180 g/mol. The van der Waals surface area contributed by atoms with Crippen molar-refractivity contribution in [2.45, 2.75) is 303 Å². The third-order valence-electron chi connectivity index (χ3n) is 14.7. The molecule has 3 unspecified atom stereocenters. The topological polar surface area (TPSA) is 111 Å². The van der Waals surface area contributed by atoms with Crippen LogP contribution in [0.5, 0.6) is 0 Å². The van der Waals surface area contributed by atoms with Gasteiger partial charge in [-0.2, -0.15) is 0 Å². The van der Waals surface area contributed by atoms with E-state index in [1.807, 2.05) is 33.3 Å². The van der Waals surface area contributed by atoms with Crippen LogP contribution in [0.25, 0.3) is 0 Å². The molecule has 2 N–H and O–H groups in total. The number of phosphoric acid groups is 1. The number of nitrogens with one attached hydrogen (secondary N) is 1. The fraction of sp³-hybridized carbons (Fsp3) is 0.726. The Bertz CT molecular complexity index is 1790. The molecule has 9 nitrogen and oxygen atoms in total. The van der Waals surface area contributed by atoms with Gasteiger partial charge in [0.15, 0.2) is 0 Å². The molecule has 3 atom stereocenters. The molecule has 0 aromatic rings. The molecule has 0 aromatic carbocycles. The summed E-state index contributed by atoms with van der Waals surface area (Å²) in [5.41, 5.74) is 0. The van der Waals surface area contributed by atoms with Gasteiger partial charge in [0, 0.05) is 12.8 Å². The number of hydrogen-bond donors (Lipinski definition) is 2. The number of rotatable bonds is 61. The van der Waals surface area contributed by atoms with Crippen LogP contribution in [0.1, 0.15) is 290 Å². The first kappa shape index (κ1) is 79.7. The third kappa shape index (κ3) is 63.0. The number of amides is 1. The van der Waals surface area contributed by atoms with E-state index in [4.69, 9.17) is 13.8 Å². The van der Waals surface area contributed by atoms with Gasteiger partial charge in [-0.1, -0.05) is 272 Å². The Balaban J connectivity index is 5.20. The Morgan fingerprint density at radius 1 is 0.434 bits per heavy atom. The van der Waals surface area contributed by atoms with E-state index in [-0.39, 0.29) is 37.9 Å². The summed E-state index contributed by atoms with van der Waals surface area (Å²) in [6, 6.07) is -0.874. The standard InChI is InChI=1S/C73H129N2O7P/c1-7-10-13-16-19-22-25-28-30-32-34-35-36-37-38-39-41-43-45-48-51-54-57-60-63-66-73(77)82-71(64-61-58-55-52-49-46-27-24-21-18-15-12-9-3)70(69-81-83(78,79)80-68-67-75(4,5)6)74-72(76)65-62-59-56-53-50-47-44-42-40-33-31-29-26-23-20-17-14-11-8-2/h11,14,19-20,22-23,28-31,34-35,40,42,47,50,61,64,70-71H,7-10,12-13,15-18,21,24-27,32-33,36-39,41,43-46,48-49,51-60,62-63,65-69H2,1-6H3,(H-,74,76,78,79)/p+1/b14-11-,22-19-,23-20-,30-28-,31-29-,35-34-,42-40-,50-47-,64-61-. The van der Waals surface area contributed by atoms with Crippen molar-refractivity contribution in [3.05, 3.63) is 109 Å². The minimum Gasteiger partial charge on any atom is -0.456 e. The van der Waals surface area contributed by atoms with Crippen LogP contribution in [0.3, 0.4) is 0 Å². The average Bonchev–Trinajstić information content (AvgIpc) is 3.47. The zero-order valence-electron chi connectivity index (χ0n) is 54.7. The summed E-state index contributed by atoms with van der Waals surface area (Å²) in [4.78, 5) is 37.9. The van der Waals surface area contributed by atoms with E-state index < -0.39 is 20.0 Å². The Labute approximate surface area is 512 Å². The lowest BCUT2D eigenvalue weighted by Gasteiger charge is -2.27. The Morgan fingerprint density at radius 3 is 1.19 bits per heavy atom. The lowest BCUT2D eigenvalue weighted by molar-refractivity contribution is -0.870. The van der Waals surface area contributed by atoms with Gasteiger partial charge in [-0.15, -0.1) is 0 Å². The maximum absolute atomic E-state index is 13.6. The normalized spacial score (nSPS) is 14.3. The highest BCUT2D eigenvalue weighted by Gasteiger charge is 2.30. The van der Waals surface area contributed by atoms with Crippen LogP contribution in [0, 0.1) is 0 Å². The van der Waals surface area contributed by atoms with Crippen LogP contribution in [0.2, 0.25) is 0 Å². The van der Waals surface area contributed by atoms with Gasteiger partial charge in [0.25, 0.3) is 0 Å². The lowest BCUT2D eigenvalue weighted by atomic mass is 10.0. The van der Waals surface area contributed by atoms with Crippen molar-refractivity contribution < 1.29 is 37.3 Å². The zero-order chi connectivity index (χ0) is 60.7. The second kappa shape index (κ2) is 61.7. The molecule has 0 aliphatic rings. The largest absolute Gasteiger partial charge is 0.472 e. The number of phosphoric ester groups is 1. The van der Waals surface area contributed by atoms with Crippen LogP contribution < -0.4 is 5.32 Å². The average molecular weight is 1180 g/mol. The first-order valence-corrected chi connectivity index (χ1v) is 35.7. The molecule has 0 heterocycles. The molecule has 478 valence electrons. The van der Waals surface area contributed by atoms with Crippen molar-refractivity contribution in [1.29, 1.82) is 0 Å². The highest BCUT2D eigenvalue weighted by atomic mass is 31.2. The molecule has 0 saturated heterocycles. The van der Waals surface area contributed by atoms with Crippen LogP contribution in [0.15, 0.2) is 109 Å². The molecule has 0 aromatic heterocycles. The van der Waals surface area contributed by atoms with E-state index in [1.165, 1.54) is 148 Å². The number of unbranched alkanes of at least 4 members (excludes halogenated alkanes) is 29. The van der Waals surface area contributed by atoms with Crippen molar-refractivity contribution in [3.63, 3.8) is 0 Å². The fourth-order valence-corrected chi connectivity index (χ4v) is 10.2. The summed E-state index contributed by atoms with van der Waals surface area (Å²) in [5.74, 6) is -0.545. The second-order valence-corrected chi connectivity index (χ2v) is 25.4. The van der Waals surface area contributed by atoms with Crippen molar-refractivity contribution >= 4 is 19.7 Å². The second-order valence-electron chi connectivity index (χ2n) is 24.0. The number of esters is 1. The number of carbonyl (C=O) groups excluding carboxylic acids is 2. The van der Waals surface area contributed by atoms with Crippen molar-refractivity contribution in [2.24, 2.45) is 0 Å². The Hall–Kier alpha value is -3.33. The zero-order valence-corrected chi connectivity index (χ0v) is 55.6. The van der Waals surface area contributed by atoms with Crippen LogP contribution >= 0.6 is 7.82 Å². The third-order valence-corrected chi connectivity index (χ3v) is 15.7. The van der Waals surface area contributed by atoms with E-state index in [2.05, 4.69) is 123 Å². The number of nitrogens with zero attached hydrogens (tertiary/aromatic N) is 1. The van der Waals surface area contributed by atoms with Gasteiger partial charge in [0.05, 0.1) is 33.8 Å². The molecular formula is C73H130N2O7P+. The van der Waals surface area contributed by atoms with Crippen LogP contribution in [0.4, 0.5) is 0 Å². The Morgan fingerprint density at radius 2 is 0.771 bits per heavy atom. The SMILES string of the molecule is CC/C=C\C/C=C\C/C=C\C/C=C\C/C=C\CCCCCC(=O)NC(COP(=O)(O)OCC[N+](C)(C)C)C(/C=C\CCCCCCCCCCCCC)OC(=O)CCCCCCCCCCCCCC/C=C\C/C=C\C/C=C\CCCCC. The highest BCUT2D eigenvalue weighted by molar-refractivity contribution is 7.47. The maximum Gasteiger partial charge on any atom is 0.472 e. The first-order chi connectivity index (χ1) is 40.4. The van der Waals surface area contributed by atoms with Gasteiger partial charge in [0.2, 0.25) is 5.91 Å². The molecule has 0 fully saturated rings. The van der Waals surface area contributed by atoms with E-state index >= 15 is 0 Å². The summed E-state index contributed by atoms with van der Waals surface area (Å²) in [5, 5.41) is 3.05. The van der Waals surface area contributed by atoms with Gasteiger partial charge in [0.1, 0.15) is 19.3 Å². The number of quaternary nitrogens is 1. The van der Waals surface area contributed by atoms with Gasteiger partial charge in [-0.3, -0.25) is 18.6 Å². The summed E-state index contributed by atoms with van der Waals surface area (Å²) >= 11 is 0. The molecule has 0 rings (SSSR count). The number of hydrogen-bond acceptors (Lipinski definition) is 6. The quantitative estimate of drug-likeness (QED) is 0.0205. The van der Waals surface area contributed by atoms with Gasteiger partial charge >= 0.3 is 13.8 Å². The predicted molar refractivity (Wildman–Crippen MR) is 360 cm³/mol. The minimum atomic E-state index is -4.47. The molecule has 0 saturated carbocycles. The smallest absolute Gasteiger partial charge is 0.456 e. The predicted octanol–water partition coefficient (Wildman–Crippen LogP) is 21.7. The highest BCUT2D eigenvalue weighted by Crippen LogP contribution is 2.43. The number of carbonyl (C=O) groups is 2. The molecule has 1 amide bonds.